The molecule has 2 rings (SSSR count). The Morgan fingerprint density at radius 2 is 1.60 bits per heavy atom. The van der Waals surface area contributed by atoms with Crippen molar-refractivity contribution in [2.24, 2.45) is 0 Å². The number of hydrogen-bond donors (Lipinski definition) is 2. The predicted octanol–water partition coefficient (Wildman–Crippen LogP) is 2.49. The molecule has 8 heteroatoms. The van der Waals surface area contributed by atoms with E-state index in [4.69, 9.17) is 5.73 Å². The molecule has 106 valence electrons. The fourth-order valence-corrected chi connectivity index (χ4v) is 2.75. The van der Waals surface area contributed by atoms with Crippen LogP contribution in [0.3, 0.4) is 0 Å². The molecule has 0 spiro atoms. The van der Waals surface area contributed by atoms with Crippen LogP contribution in [0.25, 0.3) is 0 Å². The molecule has 0 aliphatic carbocycles. The standard InChI is InChI=1S/C12H9F3N2O2S/c13-7-4-5-10(16)11(6-7)20(18,19)17-12-8(14)2-1-3-9(12)15/h1-6,17H,16H2. The van der Waals surface area contributed by atoms with E-state index in [9.17, 15) is 21.6 Å². The molecule has 0 aliphatic rings. The first-order chi connectivity index (χ1) is 9.31. The topological polar surface area (TPSA) is 72.2 Å². The third-order valence-electron chi connectivity index (χ3n) is 2.46. The van der Waals surface area contributed by atoms with Crippen LogP contribution >= 0.6 is 0 Å². The first-order valence-electron chi connectivity index (χ1n) is 5.33. The Balaban J connectivity index is 2.49. The van der Waals surface area contributed by atoms with Crippen LogP contribution in [0.2, 0.25) is 0 Å². The van der Waals surface area contributed by atoms with Crippen molar-refractivity contribution in [1.82, 2.24) is 0 Å². The zero-order valence-electron chi connectivity index (χ0n) is 9.90. The number of benzene rings is 2. The molecule has 0 saturated heterocycles. The lowest BCUT2D eigenvalue weighted by molar-refractivity contribution is 0.581. The van der Waals surface area contributed by atoms with Gasteiger partial charge in [-0.05, 0) is 30.3 Å². The first-order valence-corrected chi connectivity index (χ1v) is 6.81. The maximum Gasteiger partial charge on any atom is 0.264 e. The van der Waals surface area contributed by atoms with Crippen LogP contribution in [0.15, 0.2) is 41.3 Å². The van der Waals surface area contributed by atoms with Gasteiger partial charge in [0.05, 0.1) is 5.69 Å². The van der Waals surface area contributed by atoms with Gasteiger partial charge < -0.3 is 5.73 Å². The molecule has 2 aromatic rings. The lowest BCUT2D eigenvalue weighted by Gasteiger charge is -2.11. The smallest absolute Gasteiger partial charge is 0.264 e. The summed E-state index contributed by atoms with van der Waals surface area (Å²) in [5, 5.41) is 0. The van der Waals surface area contributed by atoms with Gasteiger partial charge in [-0.25, -0.2) is 21.6 Å². The molecule has 0 unspecified atom stereocenters. The maximum atomic E-state index is 13.4. The highest BCUT2D eigenvalue weighted by Crippen LogP contribution is 2.25. The van der Waals surface area contributed by atoms with Gasteiger partial charge in [-0.15, -0.1) is 0 Å². The Kier molecular flexibility index (Phi) is 3.58. The molecule has 0 aromatic heterocycles. The van der Waals surface area contributed by atoms with E-state index in [1.165, 1.54) is 0 Å². The molecule has 0 amide bonds. The summed E-state index contributed by atoms with van der Waals surface area (Å²) in [6, 6.07) is 5.53. The average Bonchev–Trinajstić information content (AvgIpc) is 2.37. The summed E-state index contributed by atoms with van der Waals surface area (Å²) in [4.78, 5) is -0.597. The molecule has 0 aliphatic heterocycles. The van der Waals surface area contributed by atoms with Gasteiger partial charge in [0.1, 0.15) is 28.0 Å². The second kappa shape index (κ2) is 5.04. The Bertz CT molecular complexity index is 743. The van der Waals surface area contributed by atoms with Gasteiger partial charge in [0.25, 0.3) is 10.0 Å². The fourth-order valence-electron chi connectivity index (χ4n) is 1.53. The summed E-state index contributed by atoms with van der Waals surface area (Å²) >= 11 is 0. The number of sulfonamides is 1. The molecule has 0 fully saturated rings. The highest BCUT2D eigenvalue weighted by atomic mass is 32.2. The lowest BCUT2D eigenvalue weighted by Crippen LogP contribution is -2.17. The largest absolute Gasteiger partial charge is 0.398 e. The first kappa shape index (κ1) is 14.2. The normalized spacial score (nSPS) is 11.3. The highest BCUT2D eigenvalue weighted by molar-refractivity contribution is 7.92. The SMILES string of the molecule is Nc1ccc(F)cc1S(=O)(=O)Nc1c(F)cccc1F. The molecule has 0 radical (unpaired) electrons. The van der Waals surface area contributed by atoms with Crippen LogP contribution in [0, 0.1) is 17.5 Å². The van der Waals surface area contributed by atoms with Gasteiger partial charge in [-0.2, -0.15) is 0 Å². The van der Waals surface area contributed by atoms with Gasteiger partial charge in [0.15, 0.2) is 0 Å². The molecular weight excluding hydrogens is 293 g/mol. The van der Waals surface area contributed by atoms with Crippen LogP contribution in [0.1, 0.15) is 0 Å². The number of hydrogen-bond acceptors (Lipinski definition) is 3. The van der Waals surface area contributed by atoms with Crippen molar-refractivity contribution >= 4 is 21.4 Å². The summed E-state index contributed by atoms with van der Waals surface area (Å²) in [5.74, 6) is -3.03. The van der Waals surface area contributed by atoms with E-state index in [-0.39, 0.29) is 5.69 Å². The van der Waals surface area contributed by atoms with E-state index in [2.05, 4.69) is 0 Å². The third kappa shape index (κ3) is 2.69. The zero-order valence-corrected chi connectivity index (χ0v) is 10.7. The van der Waals surface area contributed by atoms with E-state index < -0.39 is 38.1 Å². The number of para-hydroxylation sites is 1. The molecule has 3 N–H and O–H groups in total. The number of anilines is 2. The minimum atomic E-state index is -4.41. The van der Waals surface area contributed by atoms with Crippen LogP contribution in [0.5, 0.6) is 0 Å². The van der Waals surface area contributed by atoms with E-state index in [0.717, 1.165) is 30.3 Å². The summed E-state index contributed by atoms with van der Waals surface area (Å²) in [6.45, 7) is 0. The van der Waals surface area contributed by atoms with Crippen LogP contribution in [-0.4, -0.2) is 8.42 Å². The number of halogens is 3. The van der Waals surface area contributed by atoms with Crippen LogP contribution in [-0.2, 0) is 10.0 Å². The Labute approximate surface area is 113 Å². The van der Waals surface area contributed by atoms with E-state index in [0.29, 0.717) is 6.07 Å². The lowest BCUT2D eigenvalue weighted by atomic mass is 10.3. The van der Waals surface area contributed by atoms with Gasteiger partial charge in [-0.3, -0.25) is 4.72 Å². The molecule has 0 saturated carbocycles. The molecule has 0 bridgehead atoms. The molecule has 2 aromatic carbocycles. The van der Waals surface area contributed by atoms with Crippen molar-refractivity contribution in [2.45, 2.75) is 4.90 Å². The minimum Gasteiger partial charge on any atom is -0.398 e. The Morgan fingerprint density at radius 3 is 2.20 bits per heavy atom. The summed E-state index contributed by atoms with van der Waals surface area (Å²) in [6.07, 6.45) is 0. The van der Waals surface area contributed by atoms with Gasteiger partial charge >= 0.3 is 0 Å². The Hall–Kier alpha value is -2.22. The van der Waals surface area contributed by atoms with Crippen molar-refractivity contribution in [3.8, 4) is 0 Å². The van der Waals surface area contributed by atoms with Crippen LogP contribution in [0.4, 0.5) is 24.5 Å². The van der Waals surface area contributed by atoms with Crippen molar-refractivity contribution in [1.29, 1.82) is 0 Å². The van der Waals surface area contributed by atoms with E-state index in [1.54, 1.807) is 4.72 Å². The monoisotopic (exact) mass is 302 g/mol. The Morgan fingerprint density at radius 1 is 1.00 bits per heavy atom. The number of nitrogens with one attached hydrogen (secondary N) is 1. The van der Waals surface area contributed by atoms with E-state index in [1.807, 2.05) is 0 Å². The molecule has 20 heavy (non-hydrogen) atoms. The summed E-state index contributed by atoms with van der Waals surface area (Å²) < 4.78 is 65.6. The summed E-state index contributed by atoms with van der Waals surface area (Å²) in [5.41, 5.74) is 4.34. The fraction of sp³-hybridized carbons (Fsp3) is 0. The summed E-state index contributed by atoms with van der Waals surface area (Å²) in [7, 11) is -4.41. The van der Waals surface area contributed by atoms with Crippen molar-refractivity contribution < 1.29 is 21.6 Å². The van der Waals surface area contributed by atoms with Crippen LogP contribution < -0.4 is 10.5 Å². The van der Waals surface area contributed by atoms with Crippen molar-refractivity contribution in [3.05, 3.63) is 53.8 Å². The van der Waals surface area contributed by atoms with Gasteiger partial charge in [0, 0.05) is 0 Å². The number of rotatable bonds is 3. The average molecular weight is 302 g/mol. The highest BCUT2D eigenvalue weighted by Gasteiger charge is 2.21. The molecule has 0 heterocycles. The number of nitrogens with two attached hydrogens (primary N) is 1. The van der Waals surface area contributed by atoms with Crippen molar-refractivity contribution in [2.75, 3.05) is 10.5 Å². The second-order valence-electron chi connectivity index (χ2n) is 3.88. The van der Waals surface area contributed by atoms with E-state index >= 15 is 0 Å². The molecule has 0 atom stereocenters. The van der Waals surface area contributed by atoms with Gasteiger partial charge in [-0.1, -0.05) is 6.07 Å². The number of nitrogen functional groups attached to an aromatic ring is 1. The zero-order chi connectivity index (χ0) is 14.9. The predicted molar refractivity (Wildman–Crippen MR) is 68.0 cm³/mol. The molecule has 4 nitrogen and oxygen atoms in total. The second-order valence-corrected chi connectivity index (χ2v) is 5.54. The van der Waals surface area contributed by atoms with Gasteiger partial charge in [0.2, 0.25) is 0 Å². The maximum absolute atomic E-state index is 13.4. The van der Waals surface area contributed by atoms with Crippen molar-refractivity contribution in [3.63, 3.8) is 0 Å². The quantitative estimate of drug-likeness (QED) is 0.856. The minimum absolute atomic E-state index is 0.240. The molecular formula is C12H9F3N2O2S. The third-order valence-corrected chi connectivity index (χ3v) is 3.87.